The molecule has 6 aromatic rings. The van der Waals surface area contributed by atoms with Gasteiger partial charge in [-0.2, -0.15) is 20.3 Å². The number of carbonyl (C=O) groups excluding carboxylic acids is 1. The molecule has 34 heavy (non-hydrogen) atoms. The quantitative estimate of drug-likeness (QED) is 0.312. The lowest BCUT2D eigenvalue weighted by Crippen LogP contribution is -2.12. The number of anilines is 3. The Labute approximate surface area is 191 Å². The summed E-state index contributed by atoms with van der Waals surface area (Å²) in [5.41, 5.74) is 4.36. The summed E-state index contributed by atoms with van der Waals surface area (Å²) in [4.78, 5) is 28.8. The summed E-state index contributed by atoms with van der Waals surface area (Å²) in [6, 6.07) is 15.0. The highest BCUT2D eigenvalue weighted by molar-refractivity contribution is 6.06. The van der Waals surface area contributed by atoms with Crippen molar-refractivity contribution in [2.24, 2.45) is 0 Å². The molecular weight excluding hydrogens is 432 g/mol. The van der Waals surface area contributed by atoms with E-state index in [2.05, 4.69) is 51.0 Å². The van der Waals surface area contributed by atoms with Crippen LogP contribution in [0.5, 0.6) is 0 Å². The Kier molecular flexibility index (Phi) is 4.62. The van der Waals surface area contributed by atoms with Crippen LogP contribution < -0.4 is 10.6 Å². The first-order valence-electron chi connectivity index (χ1n) is 10.3. The average molecular weight is 448 g/mol. The van der Waals surface area contributed by atoms with Crippen LogP contribution >= 0.6 is 0 Å². The summed E-state index contributed by atoms with van der Waals surface area (Å²) < 4.78 is 0. The van der Waals surface area contributed by atoms with Crippen molar-refractivity contribution >= 4 is 45.0 Å². The summed E-state index contributed by atoms with van der Waals surface area (Å²) >= 11 is 0. The molecule has 2 aromatic carbocycles. The van der Waals surface area contributed by atoms with Crippen molar-refractivity contribution in [3.63, 3.8) is 0 Å². The molecule has 0 fully saturated rings. The maximum Gasteiger partial charge on any atom is 0.272 e. The molecule has 0 aliphatic rings. The number of aromatic amines is 2. The Hall–Kier alpha value is -5.19. The number of fused-ring (bicyclic) bond motifs is 2. The normalized spacial score (nSPS) is 11.1. The molecule has 4 N–H and O–H groups in total. The second-order valence-electron chi connectivity index (χ2n) is 7.50. The van der Waals surface area contributed by atoms with Gasteiger partial charge in [0.05, 0.1) is 29.8 Å². The van der Waals surface area contributed by atoms with Crippen LogP contribution in [0, 0.1) is 0 Å². The maximum atomic E-state index is 12.6. The first-order valence-corrected chi connectivity index (χ1v) is 10.3. The molecular formula is C23H16N10O. The second kappa shape index (κ2) is 8.06. The van der Waals surface area contributed by atoms with E-state index in [1.54, 1.807) is 18.3 Å². The monoisotopic (exact) mass is 448 g/mol. The van der Waals surface area contributed by atoms with Gasteiger partial charge in [-0.3, -0.25) is 9.89 Å². The van der Waals surface area contributed by atoms with Crippen LogP contribution in [0.2, 0.25) is 0 Å². The predicted octanol–water partition coefficient (Wildman–Crippen LogP) is 3.68. The van der Waals surface area contributed by atoms with Crippen molar-refractivity contribution in [1.29, 1.82) is 0 Å². The van der Waals surface area contributed by atoms with E-state index in [0.717, 1.165) is 33.1 Å². The largest absolute Gasteiger partial charge is 0.350 e. The maximum absolute atomic E-state index is 12.6. The van der Waals surface area contributed by atoms with E-state index in [-0.39, 0.29) is 5.91 Å². The van der Waals surface area contributed by atoms with Crippen LogP contribution in [-0.2, 0) is 0 Å². The van der Waals surface area contributed by atoms with Gasteiger partial charge in [0.1, 0.15) is 12.0 Å². The van der Waals surface area contributed by atoms with Crippen LogP contribution in [0.15, 0.2) is 73.4 Å². The van der Waals surface area contributed by atoms with Crippen LogP contribution in [0.25, 0.3) is 33.2 Å². The standard InChI is InChI=1S/C23H16N10O/c34-22(29-17-5-6-26-27-11-17)20-8-13-1-2-14(9-19(13)31-20)21-24-12-25-23(32-21)30-16-3-4-18-15(7-16)10-28-33-18/h1-12,31H,(H,28,33)(H,26,29,34)(H,24,25,30,32). The summed E-state index contributed by atoms with van der Waals surface area (Å²) in [5, 5.41) is 22.3. The Morgan fingerprint density at radius 2 is 1.82 bits per heavy atom. The number of hydrogen-bond acceptors (Lipinski definition) is 8. The third kappa shape index (κ3) is 3.77. The highest BCUT2D eigenvalue weighted by Crippen LogP contribution is 2.24. The lowest BCUT2D eigenvalue weighted by Gasteiger charge is -2.06. The van der Waals surface area contributed by atoms with E-state index in [0.29, 0.717) is 23.2 Å². The summed E-state index contributed by atoms with van der Waals surface area (Å²) in [6.07, 6.45) is 6.22. The molecule has 0 unspecified atom stereocenters. The van der Waals surface area contributed by atoms with Gasteiger partial charge in [-0.1, -0.05) is 12.1 Å². The summed E-state index contributed by atoms with van der Waals surface area (Å²) in [6.45, 7) is 0. The van der Waals surface area contributed by atoms with Gasteiger partial charge in [0.15, 0.2) is 5.82 Å². The first-order chi connectivity index (χ1) is 16.7. The Balaban J connectivity index is 1.25. The molecule has 164 valence electrons. The number of carbonyl (C=O) groups is 1. The zero-order chi connectivity index (χ0) is 22.9. The van der Waals surface area contributed by atoms with Crippen molar-refractivity contribution in [2.75, 3.05) is 10.6 Å². The highest BCUT2D eigenvalue weighted by atomic mass is 16.1. The lowest BCUT2D eigenvalue weighted by molar-refractivity contribution is 0.102. The zero-order valence-corrected chi connectivity index (χ0v) is 17.5. The molecule has 1 amide bonds. The topological polar surface area (TPSA) is 150 Å². The number of rotatable bonds is 5. The minimum Gasteiger partial charge on any atom is -0.350 e. The molecule has 0 atom stereocenters. The zero-order valence-electron chi connectivity index (χ0n) is 17.5. The van der Waals surface area contributed by atoms with Crippen LogP contribution in [0.1, 0.15) is 10.5 Å². The second-order valence-corrected chi connectivity index (χ2v) is 7.50. The number of nitrogens with zero attached hydrogens (tertiary/aromatic N) is 6. The number of amides is 1. The fourth-order valence-electron chi connectivity index (χ4n) is 3.60. The molecule has 0 spiro atoms. The first kappa shape index (κ1) is 19.5. The van der Waals surface area contributed by atoms with Gasteiger partial charge in [0.2, 0.25) is 5.95 Å². The van der Waals surface area contributed by atoms with Crippen LogP contribution in [0.4, 0.5) is 17.3 Å². The molecule has 6 rings (SSSR count). The van der Waals surface area contributed by atoms with Crippen molar-refractivity contribution in [1.82, 2.24) is 40.3 Å². The highest BCUT2D eigenvalue weighted by Gasteiger charge is 2.12. The van der Waals surface area contributed by atoms with Crippen molar-refractivity contribution < 1.29 is 4.79 Å². The predicted molar refractivity (Wildman–Crippen MR) is 126 cm³/mol. The molecule has 0 saturated heterocycles. The van der Waals surface area contributed by atoms with Gasteiger partial charge in [0.25, 0.3) is 5.91 Å². The van der Waals surface area contributed by atoms with Gasteiger partial charge in [-0.15, -0.1) is 0 Å². The van der Waals surface area contributed by atoms with Crippen molar-refractivity contribution in [2.45, 2.75) is 0 Å². The molecule has 0 saturated carbocycles. The van der Waals surface area contributed by atoms with Crippen LogP contribution in [-0.4, -0.2) is 46.2 Å². The average Bonchev–Trinajstić information content (AvgIpc) is 3.51. The molecule has 0 bridgehead atoms. The Morgan fingerprint density at radius 3 is 2.74 bits per heavy atom. The molecule has 4 heterocycles. The lowest BCUT2D eigenvalue weighted by atomic mass is 10.1. The molecule has 0 radical (unpaired) electrons. The van der Waals surface area contributed by atoms with Gasteiger partial charge in [-0.05, 0) is 36.4 Å². The van der Waals surface area contributed by atoms with E-state index < -0.39 is 0 Å². The number of benzene rings is 2. The summed E-state index contributed by atoms with van der Waals surface area (Å²) in [7, 11) is 0. The Bertz CT molecular complexity index is 1640. The van der Waals surface area contributed by atoms with Crippen molar-refractivity contribution in [3.8, 4) is 11.4 Å². The fourth-order valence-corrected chi connectivity index (χ4v) is 3.60. The van der Waals surface area contributed by atoms with Crippen molar-refractivity contribution in [3.05, 3.63) is 79.1 Å². The van der Waals surface area contributed by atoms with E-state index in [1.807, 2.05) is 36.4 Å². The summed E-state index contributed by atoms with van der Waals surface area (Å²) in [5.74, 6) is 0.657. The smallest absolute Gasteiger partial charge is 0.272 e. The molecule has 11 heteroatoms. The van der Waals surface area contributed by atoms with Gasteiger partial charge >= 0.3 is 0 Å². The number of nitrogens with one attached hydrogen (secondary N) is 4. The molecule has 0 aliphatic carbocycles. The number of hydrogen-bond donors (Lipinski definition) is 4. The minimum absolute atomic E-state index is 0.271. The molecule has 4 aromatic heterocycles. The van der Waals surface area contributed by atoms with Gasteiger partial charge in [-0.25, -0.2) is 9.97 Å². The SMILES string of the molecule is O=C(Nc1ccnnc1)c1cc2ccc(-c3ncnc(Nc4ccc5[nH]ncc5c4)n3)cc2[nH]1. The van der Waals surface area contributed by atoms with Gasteiger partial charge in [0, 0.05) is 27.5 Å². The van der Waals surface area contributed by atoms with E-state index in [9.17, 15) is 4.79 Å². The third-order valence-corrected chi connectivity index (χ3v) is 5.24. The van der Waals surface area contributed by atoms with E-state index in [4.69, 9.17) is 0 Å². The molecule has 11 nitrogen and oxygen atoms in total. The van der Waals surface area contributed by atoms with Crippen LogP contribution in [0.3, 0.4) is 0 Å². The van der Waals surface area contributed by atoms with E-state index in [1.165, 1.54) is 18.7 Å². The number of H-pyrrole nitrogens is 2. The molecule has 0 aliphatic heterocycles. The number of aromatic nitrogens is 8. The fraction of sp³-hybridized carbons (Fsp3) is 0. The Morgan fingerprint density at radius 1 is 0.853 bits per heavy atom. The minimum atomic E-state index is -0.271. The third-order valence-electron chi connectivity index (χ3n) is 5.24. The van der Waals surface area contributed by atoms with Gasteiger partial charge < -0.3 is 15.6 Å². The van der Waals surface area contributed by atoms with E-state index >= 15 is 0 Å².